The summed E-state index contributed by atoms with van der Waals surface area (Å²) >= 11 is 5.91. The molecule has 1 amide bonds. The van der Waals surface area contributed by atoms with Crippen molar-refractivity contribution in [1.29, 1.82) is 0 Å². The van der Waals surface area contributed by atoms with Crippen LogP contribution in [0.4, 0.5) is 5.69 Å². The summed E-state index contributed by atoms with van der Waals surface area (Å²) < 4.78 is 0. The van der Waals surface area contributed by atoms with Crippen LogP contribution in [0.1, 0.15) is 24.8 Å². The van der Waals surface area contributed by atoms with E-state index in [-0.39, 0.29) is 17.0 Å². The van der Waals surface area contributed by atoms with Crippen molar-refractivity contribution in [2.45, 2.75) is 26.2 Å². The Morgan fingerprint density at radius 1 is 1.42 bits per heavy atom. The van der Waals surface area contributed by atoms with Gasteiger partial charge in [-0.2, -0.15) is 0 Å². The number of hydrogen-bond acceptors (Lipinski definition) is 3. The molecule has 1 aromatic heterocycles. The molecular formula is C13H15ClN2O3. The normalized spacial score (nSPS) is 22.2. The van der Waals surface area contributed by atoms with Gasteiger partial charge < -0.3 is 10.4 Å². The van der Waals surface area contributed by atoms with Gasteiger partial charge in [-0.3, -0.25) is 9.59 Å². The maximum Gasteiger partial charge on any atom is 0.306 e. The number of aliphatic carboxylic acids is 1. The third-order valence-electron chi connectivity index (χ3n) is 3.39. The number of hydrogen-bond donors (Lipinski definition) is 2. The lowest BCUT2D eigenvalue weighted by Crippen LogP contribution is -2.22. The number of rotatable bonds is 3. The fourth-order valence-electron chi connectivity index (χ4n) is 2.32. The van der Waals surface area contributed by atoms with Crippen molar-refractivity contribution >= 4 is 29.2 Å². The zero-order valence-electron chi connectivity index (χ0n) is 10.5. The molecule has 102 valence electrons. The Kier molecular flexibility index (Phi) is 4.04. The number of carboxylic acid groups (broad SMARTS) is 1. The molecule has 6 heteroatoms. The fourth-order valence-corrected chi connectivity index (χ4v) is 2.47. The van der Waals surface area contributed by atoms with Crippen molar-refractivity contribution in [1.82, 2.24) is 4.98 Å². The lowest BCUT2D eigenvalue weighted by Gasteiger charge is -2.12. The third-order valence-corrected chi connectivity index (χ3v) is 3.69. The van der Waals surface area contributed by atoms with Gasteiger partial charge in [0.25, 0.3) is 0 Å². The maximum atomic E-state index is 12.1. The lowest BCUT2D eigenvalue weighted by atomic mass is 10.0. The summed E-state index contributed by atoms with van der Waals surface area (Å²) in [6.07, 6.45) is 3.15. The molecule has 1 aromatic rings. The highest BCUT2D eigenvalue weighted by Crippen LogP contribution is 2.32. The average Bonchev–Trinajstić information content (AvgIpc) is 2.83. The molecule has 2 unspecified atom stereocenters. The number of carbonyl (C=O) groups is 2. The molecule has 1 aliphatic rings. The van der Waals surface area contributed by atoms with Crippen LogP contribution in [0.15, 0.2) is 12.3 Å². The molecule has 1 saturated carbocycles. The van der Waals surface area contributed by atoms with E-state index >= 15 is 0 Å². The van der Waals surface area contributed by atoms with Crippen LogP contribution >= 0.6 is 11.6 Å². The van der Waals surface area contributed by atoms with Crippen LogP contribution in [0.3, 0.4) is 0 Å². The predicted octanol–water partition coefficient (Wildman–Crippen LogP) is 2.48. The van der Waals surface area contributed by atoms with Gasteiger partial charge in [0.1, 0.15) is 0 Å². The number of nitrogens with zero attached hydrogens (tertiary/aromatic N) is 1. The number of anilines is 1. The Labute approximate surface area is 116 Å². The van der Waals surface area contributed by atoms with Crippen molar-refractivity contribution < 1.29 is 14.7 Å². The molecule has 1 aliphatic carbocycles. The highest BCUT2D eigenvalue weighted by Gasteiger charge is 2.34. The van der Waals surface area contributed by atoms with E-state index in [4.69, 9.17) is 16.7 Å². The summed E-state index contributed by atoms with van der Waals surface area (Å²) in [5.74, 6) is -1.69. The number of amides is 1. The van der Waals surface area contributed by atoms with Gasteiger partial charge in [-0.05, 0) is 37.8 Å². The molecule has 0 spiro atoms. The summed E-state index contributed by atoms with van der Waals surface area (Å²) in [6, 6.07) is 1.75. The maximum absolute atomic E-state index is 12.1. The average molecular weight is 283 g/mol. The standard InChI is InChI=1S/C13H15ClN2O3/c1-7-4-10(11(14)15-6-7)16-12(17)8-2-3-9(5-8)13(18)19/h4,6,8-9H,2-3,5H2,1H3,(H,16,17)(H,18,19). The molecule has 19 heavy (non-hydrogen) atoms. The van der Waals surface area contributed by atoms with E-state index in [1.54, 1.807) is 12.3 Å². The molecule has 0 aliphatic heterocycles. The van der Waals surface area contributed by atoms with E-state index in [2.05, 4.69) is 10.3 Å². The zero-order valence-corrected chi connectivity index (χ0v) is 11.3. The first-order valence-corrected chi connectivity index (χ1v) is 6.51. The molecule has 2 atom stereocenters. The number of carboxylic acids is 1. The quantitative estimate of drug-likeness (QED) is 0.835. The Hall–Kier alpha value is -1.62. The molecule has 0 aromatic carbocycles. The Morgan fingerprint density at radius 2 is 2.11 bits per heavy atom. The van der Waals surface area contributed by atoms with E-state index in [0.29, 0.717) is 24.9 Å². The SMILES string of the molecule is Cc1cnc(Cl)c(NC(=O)C2CCC(C(=O)O)C2)c1. The monoisotopic (exact) mass is 282 g/mol. The van der Waals surface area contributed by atoms with Gasteiger partial charge >= 0.3 is 5.97 Å². The van der Waals surface area contributed by atoms with E-state index in [1.165, 1.54) is 0 Å². The van der Waals surface area contributed by atoms with Crippen LogP contribution < -0.4 is 5.32 Å². The van der Waals surface area contributed by atoms with Crippen LogP contribution in [0.5, 0.6) is 0 Å². The molecule has 1 heterocycles. The fraction of sp³-hybridized carbons (Fsp3) is 0.462. The highest BCUT2D eigenvalue weighted by atomic mass is 35.5. The first-order valence-electron chi connectivity index (χ1n) is 6.13. The number of carbonyl (C=O) groups excluding carboxylic acids is 1. The van der Waals surface area contributed by atoms with Crippen molar-refractivity contribution in [3.05, 3.63) is 23.0 Å². The molecule has 0 saturated heterocycles. The first kappa shape index (κ1) is 13.8. The lowest BCUT2D eigenvalue weighted by molar-refractivity contribution is -0.141. The molecule has 2 rings (SSSR count). The van der Waals surface area contributed by atoms with Crippen molar-refractivity contribution in [3.63, 3.8) is 0 Å². The Bertz CT molecular complexity index is 519. The molecule has 0 bridgehead atoms. The van der Waals surface area contributed by atoms with Crippen molar-refractivity contribution in [2.75, 3.05) is 5.32 Å². The van der Waals surface area contributed by atoms with E-state index < -0.39 is 11.9 Å². The minimum Gasteiger partial charge on any atom is -0.481 e. The minimum atomic E-state index is -0.828. The molecule has 5 nitrogen and oxygen atoms in total. The summed E-state index contributed by atoms with van der Waals surface area (Å²) in [5.41, 5.74) is 1.37. The second kappa shape index (κ2) is 5.57. The summed E-state index contributed by atoms with van der Waals surface area (Å²) in [7, 11) is 0. The van der Waals surface area contributed by atoms with Gasteiger partial charge in [-0.25, -0.2) is 4.98 Å². The van der Waals surface area contributed by atoms with Crippen LogP contribution in [0.2, 0.25) is 5.15 Å². The second-order valence-corrected chi connectivity index (χ2v) is 5.24. The largest absolute Gasteiger partial charge is 0.481 e. The van der Waals surface area contributed by atoms with E-state index in [9.17, 15) is 9.59 Å². The van der Waals surface area contributed by atoms with Crippen LogP contribution in [-0.4, -0.2) is 22.0 Å². The van der Waals surface area contributed by atoms with Gasteiger partial charge in [0.05, 0.1) is 11.6 Å². The van der Waals surface area contributed by atoms with Gasteiger partial charge in [0.2, 0.25) is 5.91 Å². The van der Waals surface area contributed by atoms with Crippen LogP contribution in [0.25, 0.3) is 0 Å². The highest BCUT2D eigenvalue weighted by molar-refractivity contribution is 6.32. The second-order valence-electron chi connectivity index (χ2n) is 4.89. The number of pyridine rings is 1. The van der Waals surface area contributed by atoms with Crippen molar-refractivity contribution in [3.8, 4) is 0 Å². The molecular weight excluding hydrogens is 268 g/mol. The minimum absolute atomic E-state index is 0.182. The molecule has 0 radical (unpaired) electrons. The summed E-state index contributed by atoms with van der Waals surface area (Å²) in [5, 5.41) is 11.9. The number of aromatic nitrogens is 1. The summed E-state index contributed by atoms with van der Waals surface area (Å²) in [4.78, 5) is 26.9. The topological polar surface area (TPSA) is 79.3 Å². The Morgan fingerprint density at radius 3 is 2.74 bits per heavy atom. The van der Waals surface area contributed by atoms with Crippen molar-refractivity contribution in [2.24, 2.45) is 11.8 Å². The predicted molar refractivity (Wildman–Crippen MR) is 71.1 cm³/mol. The zero-order chi connectivity index (χ0) is 14.0. The van der Waals surface area contributed by atoms with Gasteiger partial charge in [0, 0.05) is 12.1 Å². The van der Waals surface area contributed by atoms with Gasteiger partial charge in [0.15, 0.2) is 5.15 Å². The number of aryl methyl sites for hydroxylation is 1. The number of nitrogens with one attached hydrogen (secondary N) is 1. The van der Waals surface area contributed by atoms with Crippen LogP contribution in [-0.2, 0) is 9.59 Å². The first-order chi connectivity index (χ1) is 8.97. The van der Waals surface area contributed by atoms with Crippen LogP contribution in [0, 0.1) is 18.8 Å². The van der Waals surface area contributed by atoms with E-state index in [0.717, 1.165) is 5.56 Å². The molecule has 2 N–H and O–H groups in total. The number of halogens is 1. The van der Waals surface area contributed by atoms with Gasteiger partial charge in [-0.1, -0.05) is 11.6 Å². The van der Waals surface area contributed by atoms with E-state index in [1.807, 2.05) is 6.92 Å². The Balaban J connectivity index is 2.02. The van der Waals surface area contributed by atoms with Gasteiger partial charge in [-0.15, -0.1) is 0 Å². The third kappa shape index (κ3) is 3.23. The molecule has 1 fully saturated rings. The smallest absolute Gasteiger partial charge is 0.306 e. The summed E-state index contributed by atoms with van der Waals surface area (Å²) in [6.45, 7) is 1.86.